The highest BCUT2D eigenvalue weighted by atomic mass is 32.1. The van der Waals surface area contributed by atoms with Crippen LogP contribution in [-0.2, 0) is 0 Å². The average molecular weight is 303 g/mol. The summed E-state index contributed by atoms with van der Waals surface area (Å²) in [6, 6.07) is 4.72. The molecule has 112 valence electrons. The Kier molecular flexibility index (Phi) is 3.85. The molecule has 2 aromatic rings. The second-order valence-corrected chi connectivity index (χ2v) is 6.64. The van der Waals surface area contributed by atoms with Crippen LogP contribution in [-0.4, -0.2) is 15.6 Å². The highest BCUT2D eigenvalue weighted by molar-refractivity contribution is 7.14. The number of rotatable bonds is 5. The van der Waals surface area contributed by atoms with E-state index in [9.17, 15) is 4.79 Å². The van der Waals surface area contributed by atoms with E-state index in [1.54, 1.807) is 11.3 Å². The van der Waals surface area contributed by atoms with Gasteiger partial charge in [0.25, 0.3) is 5.56 Å². The van der Waals surface area contributed by atoms with Gasteiger partial charge < -0.3 is 9.88 Å². The minimum Gasteiger partial charge on any atom is -0.359 e. The van der Waals surface area contributed by atoms with E-state index in [4.69, 9.17) is 0 Å². The topological polar surface area (TPSA) is 46.9 Å². The van der Waals surface area contributed by atoms with Gasteiger partial charge in [0.2, 0.25) is 0 Å². The van der Waals surface area contributed by atoms with E-state index < -0.39 is 0 Å². The van der Waals surface area contributed by atoms with Crippen molar-refractivity contribution >= 4 is 16.5 Å². The summed E-state index contributed by atoms with van der Waals surface area (Å²) in [6.45, 7) is 6.27. The molecule has 1 saturated carbocycles. The van der Waals surface area contributed by atoms with E-state index in [-0.39, 0.29) is 5.56 Å². The molecule has 0 radical (unpaired) electrons. The van der Waals surface area contributed by atoms with Gasteiger partial charge in [0.1, 0.15) is 0 Å². The molecule has 1 atom stereocenters. The summed E-state index contributed by atoms with van der Waals surface area (Å²) in [5.74, 6) is 0. The van der Waals surface area contributed by atoms with Crippen LogP contribution in [0, 0.1) is 6.92 Å². The molecule has 0 aliphatic heterocycles. The van der Waals surface area contributed by atoms with Gasteiger partial charge in [0.15, 0.2) is 5.13 Å². The van der Waals surface area contributed by atoms with Crippen molar-refractivity contribution in [2.24, 2.45) is 0 Å². The number of nitrogens with zero attached hydrogens (tertiary/aromatic N) is 2. The lowest BCUT2D eigenvalue weighted by Gasteiger charge is -2.10. The minimum absolute atomic E-state index is 0.0953. The van der Waals surface area contributed by atoms with Crippen molar-refractivity contribution in [3.05, 3.63) is 33.6 Å². The van der Waals surface area contributed by atoms with Crippen molar-refractivity contribution in [1.82, 2.24) is 9.55 Å². The third-order valence-electron chi connectivity index (χ3n) is 3.99. The van der Waals surface area contributed by atoms with Gasteiger partial charge in [-0.3, -0.25) is 4.79 Å². The summed E-state index contributed by atoms with van der Waals surface area (Å²) in [7, 11) is 0. The predicted octanol–water partition coefficient (Wildman–Crippen LogP) is 3.83. The third kappa shape index (κ3) is 2.88. The largest absolute Gasteiger partial charge is 0.359 e. The normalized spacial score (nSPS) is 16.0. The standard InChI is InChI=1S/C16H21N3OS/c1-4-10(2)17-16-18-14(9-21-16)13-8-5-11(3)19(15(13)20)12-6-7-12/h5,8-10,12H,4,6-7H2,1-3H3,(H,17,18). The van der Waals surface area contributed by atoms with E-state index in [1.165, 1.54) is 0 Å². The average Bonchev–Trinajstić information content (AvgIpc) is 3.18. The molecule has 0 amide bonds. The van der Waals surface area contributed by atoms with Crippen molar-refractivity contribution < 1.29 is 0 Å². The van der Waals surface area contributed by atoms with Gasteiger partial charge in [-0.2, -0.15) is 0 Å². The fourth-order valence-electron chi connectivity index (χ4n) is 2.40. The smallest absolute Gasteiger partial charge is 0.260 e. The van der Waals surface area contributed by atoms with Crippen molar-refractivity contribution in [3.63, 3.8) is 0 Å². The molecule has 2 aromatic heterocycles. The second kappa shape index (κ2) is 5.64. The van der Waals surface area contributed by atoms with Gasteiger partial charge >= 0.3 is 0 Å². The molecule has 1 N–H and O–H groups in total. The summed E-state index contributed by atoms with van der Waals surface area (Å²) >= 11 is 1.56. The lowest BCUT2D eigenvalue weighted by atomic mass is 10.2. The Hall–Kier alpha value is -1.62. The Morgan fingerprint density at radius 3 is 2.90 bits per heavy atom. The van der Waals surface area contributed by atoms with Crippen LogP contribution in [0.25, 0.3) is 11.3 Å². The Labute approximate surface area is 128 Å². The molecule has 0 saturated heterocycles. The Morgan fingerprint density at radius 1 is 1.48 bits per heavy atom. The quantitative estimate of drug-likeness (QED) is 0.913. The van der Waals surface area contributed by atoms with Crippen molar-refractivity contribution in [2.75, 3.05) is 5.32 Å². The van der Waals surface area contributed by atoms with Crippen molar-refractivity contribution in [2.45, 2.75) is 52.1 Å². The molecular formula is C16H21N3OS. The molecule has 0 aromatic carbocycles. The summed E-state index contributed by atoms with van der Waals surface area (Å²) in [5.41, 5.74) is 2.63. The molecule has 1 aliphatic rings. The van der Waals surface area contributed by atoms with Crippen LogP contribution in [0.1, 0.15) is 44.8 Å². The molecule has 0 bridgehead atoms. The second-order valence-electron chi connectivity index (χ2n) is 5.79. The van der Waals surface area contributed by atoms with Crippen LogP contribution >= 0.6 is 11.3 Å². The van der Waals surface area contributed by atoms with E-state index in [1.807, 2.05) is 29.0 Å². The Balaban J connectivity index is 1.94. The van der Waals surface area contributed by atoms with Gasteiger partial charge in [-0.15, -0.1) is 11.3 Å². The number of hydrogen-bond donors (Lipinski definition) is 1. The lowest BCUT2D eigenvalue weighted by molar-refractivity contribution is 0.683. The van der Waals surface area contributed by atoms with Gasteiger partial charge in [0.05, 0.1) is 11.3 Å². The zero-order valence-electron chi connectivity index (χ0n) is 12.7. The van der Waals surface area contributed by atoms with Crippen LogP contribution in [0.5, 0.6) is 0 Å². The van der Waals surface area contributed by atoms with E-state index in [0.29, 0.717) is 17.6 Å². The van der Waals surface area contributed by atoms with Crippen LogP contribution in [0.15, 0.2) is 22.3 Å². The molecule has 4 nitrogen and oxygen atoms in total. The number of thiazole rings is 1. The maximum absolute atomic E-state index is 12.7. The highest BCUT2D eigenvalue weighted by Crippen LogP contribution is 2.35. The molecule has 1 fully saturated rings. The number of aromatic nitrogens is 2. The number of hydrogen-bond acceptors (Lipinski definition) is 4. The summed E-state index contributed by atoms with van der Waals surface area (Å²) in [5, 5.41) is 6.21. The van der Waals surface area contributed by atoms with Gasteiger partial charge in [0, 0.05) is 23.2 Å². The lowest BCUT2D eigenvalue weighted by Crippen LogP contribution is -2.22. The maximum Gasteiger partial charge on any atom is 0.260 e. The first-order chi connectivity index (χ1) is 10.1. The fraction of sp³-hybridized carbons (Fsp3) is 0.500. The first kappa shape index (κ1) is 14.3. The summed E-state index contributed by atoms with van der Waals surface area (Å²) < 4.78 is 1.93. The first-order valence-electron chi connectivity index (χ1n) is 7.54. The summed E-state index contributed by atoms with van der Waals surface area (Å²) in [6.07, 6.45) is 3.28. The zero-order chi connectivity index (χ0) is 15.0. The monoisotopic (exact) mass is 303 g/mol. The van der Waals surface area contributed by atoms with Crippen molar-refractivity contribution in [1.29, 1.82) is 0 Å². The van der Waals surface area contributed by atoms with Crippen molar-refractivity contribution in [3.8, 4) is 11.3 Å². The Morgan fingerprint density at radius 2 is 2.24 bits per heavy atom. The molecule has 1 unspecified atom stereocenters. The Bertz CT molecular complexity index is 700. The number of aryl methyl sites for hydroxylation is 1. The molecule has 2 heterocycles. The predicted molar refractivity (Wildman–Crippen MR) is 88.2 cm³/mol. The third-order valence-corrected chi connectivity index (χ3v) is 4.77. The minimum atomic E-state index is 0.0953. The highest BCUT2D eigenvalue weighted by Gasteiger charge is 2.27. The van der Waals surface area contributed by atoms with Crippen LogP contribution in [0.2, 0.25) is 0 Å². The van der Waals surface area contributed by atoms with Crippen LogP contribution in [0.3, 0.4) is 0 Å². The maximum atomic E-state index is 12.7. The van der Waals surface area contributed by atoms with E-state index >= 15 is 0 Å². The molecule has 5 heteroatoms. The van der Waals surface area contributed by atoms with Gasteiger partial charge in [-0.05, 0) is 45.2 Å². The molecule has 21 heavy (non-hydrogen) atoms. The molecule has 0 spiro atoms. The molecule has 1 aliphatic carbocycles. The van der Waals surface area contributed by atoms with E-state index in [2.05, 4.69) is 24.1 Å². The summed E-state index contributed by atoms with van der Waals surface area (Å²) in [4.78, 5) is 17.2. The van der Waals surface area contributed by atoms with Gasteiger partial charge in [-0.25, -0.2) is 4.98 Å². The molecular weight excluding hydrogens is 282 g/mol. The van der Waals surface area contributed by atoms with Crippen LogP contribution in [0.4, 0.5) is 5.13 Å². The molecule has 3 rings (SSSR count). The number of pyridine rings is 1. The van der Waals surface area contributed by atoms with Gasteiger partial charge in [-0.1, -0.05) is 6.92 Å². The number of anilines is 1. The first-order valence-corrected chi connectivity index (χ1v) is 8.42. The SMILES string of the molecule is CCC(C)Nc1nc(-c2ccc(C)n(C3CC3)c2=O)cs1. The van der Waals surface area contributed by atoms with E-state index in [0.717, 1.165) is 35.8 Å². The van der Waals surface area contributed by atoms with Crippen LogP contribution < -0.4 is 10.9 Å². The number of nitrogens with one attached hydrogen (secondary N) is 1. The fourth-order valence-corrected chi connectivity index (χ4v) is 3.23. The zero-order valence-corrected chi connectivity index (χ0v) is 13.5.